The second-order valence-corrected chi connectivity index (χ2v) is 7.63. The van der Waals surface area contributed by atoms with E-state index in [1.807, 2.05) is 48.5 Å². The molecule has 0 radical (unpaired) electrons. The van der Waals surface area contributed by atoms with Gasteiger partial charge in [0.1, 0.15) is 5.82 Å². The van der Waals surface area contributed by atoms with Crippen LogP contribution in [0.2, 0.25) is 0 Å². The molecule has 6 heteroatoms. The molecule has 3 N–H and O–H groups in total. The Balaban J connectivity index is 1.54. The molecule has 0 bridgehead atoms. The fraction of sp³-hybridized carbons (Fsp3) is 0.0526. The number of pyridine rings is 1. The molecular weight excluding hydrogens is 398 g/mol. The van der Waals surface area contributed by atoms with E-state index in [9.17, 15) is 4.79 Å². The predicted octanol–water partition coefficient (Wildman–Crippen LogP) is 4.72. The maximum absolute atomic E-state index is 12.5. The van der Waals surface area contributed by atoms with Crippen molar-refractivity contribution in [3.8, 4) is 0 Å². The van der Waals surface area contributed by atoms with Gasteiger partial charge in [0, 0.05) is 32.7 Å². The number of amides is 1. The largest absolute Gasteiger partial charge is 0.383 e. The number of hydrogen-bond donors (Lipinski definition) is 2. The van der Waals surface area contributed by atoms with Gasteiger partial charge in [-0.15, -0.1) is 11.3 Å². The zero-order chi connectivity index (χ0) is 17.4. The molecular formula is C19H14BrN3OS. The van der Waals surface area contributed by atoms with Crippen LogP contribution in [0.4, 0.5) is 5.82 Å². The molecule has 0 saturated heterocycles. The van der Waals surface area contributed by atoms with Gasteiger partial charge in [-0.05, 0) is 41.3 Å². The summed E-state index contributed by atoms with van der Waals surface area (Å²) >= 11 is 5.02. The van der Waals surface area contributed by atoms with Crippen LogP contribution in [0, 0.1) is 0 Å². The monoisotopic (exact) mass is 411 g/mol. The van der Waals surface area contributed by atoms with E-state index < -0.39 is 0 Å². The molecule has 4 rings (SSSR count). The summed E-state index contributed by atoms with van der Waals surface area (Å²) in [6.07, 6.45) is 1.69. The first-order valence-electron chi connectivity index (χ1n) is 7.71. The Kier molecular flexibility index (Phi) is 4.15. The summed E-state index contributed by atoms with van der Waals surface area (Å²) in [5.74, 6) is 0.450. The first kappa shape index (κ1) is 16.1. The maximum atomic E-state index is 12.5. The highest BCUT2D eigenvalue weighted by Gasteiger charge is 2.11. The fourth-order valence-electron chi connectivity index (χ4n) is 2.77. The third kappa shape index (κ3) is 3.10. The van der Waals surface area contributed by atoms with Crippen molar-refractivity contribution < 1.29 is 4.79 Å². The van der Waals surface area contributed by atoms with Crippen LogP contribution in [0.15, 0.2) is 59.2 Å². The molecule has 0 aliphatic heterocycles. The number of nitrogens with zero attached hydrogens (tertiary/aromatic N) is 1. The zero-order valence-electron chi connectivity index (χ0n) is 13.1. The van der Waals surface area contributed by atoms with Crippen molar-refractivity contribution in [3.05, 3.63) is 69.6 Å². The number of carbonyl (C=O) groups is 1. The smallest absolute Gasteiger partial charge is 0.261 e. The first-order chi connectivity index (χ1) is 12.1. The van der Waals surface area contributed by atoms with Gasteiger partial charge < -0.3 is 11.1 Å². The lowest BCUT2D eigenvalue weighted by Crippen LogP contribution is -2.21. The van der Waals surface area contributed by atoms with Crippen molar-refractivity contribution in [2.75, 3.05) is 5.73 Å². The zero-order valence-corrected chi connectivity index (χ0v) is 15.5. The van der Waals surface area contributed by atoms with Crippen LogP contribution in [0.3, 0.4) is 0 Å². The first-order valence-corrected chi connectivity index (χ1v) is 9.32. The van der Waals surface area contributed by atoms with Crippen LogP contribution in [-0.4, -0.2) is 10.9 Å². The van der Waals surface area contributed by atoms with Gasteiger partial charge in [0.15, 0.2) is 0 Å². The fourth-order valence-corrected chi connectivity index (χ4v) is 4.38. The SMILES string of the molecule is Nc1nccc2cc(CNC(=O)c3cc4c(Br)cccc4s3)ccc12. The van der Waals surface area contributed by atoms with Crippen LogP contribution in [0.25, 0.3) is 20.9 Å². The number of thiophene rings is 1. The number of fused-ring (bicyclic) bond motifs is 2. The summed E-state index contributed by atoms with van der Waals surface area (Å²) in [6, 6.07) is 15.7. The number of hydrogen-bond acceptors (Lipinski definition) is 4. The molecule has 4 aromatic rings. The van der Waals surface area contributed by atoms with Crippen LogP contribution in [0.1, 0.15) is 15.2 Å². The molecule has 0 atom stereocenters. The molecule has 0 saturated carbocycles. The van der Waals surface area contributed by atoms with Crippen molar-refractivity contribution in [1.82, 2.24) is 10.3 Å². The highest BCUT2D eigenvalue weighted by molar-refractivity contribution is 9.10. The van der Waals surface area contributed by atoms with E-state index >= 15 is 0 Å². The van der Waals surface area contributed by atoms with Gasteiger partial charge in [0.05, 0.1) is 4.88 Å². The summed E-state index contributed by atoms with van der Waals surface area (Å²) in [6.45, 7) is 0.465. The normalized spacial score (nSPS) is 11.1. The minimum absolute atomic E-state index is 0.0672. The van der Waals surface area contributed by atoms with Crippen LogP contribution >= 0.6 is 27.3 Å². The quantitative estimate of drug-likeness (QED) is 0.512. The van der Waals surface area contributed by atoms with E-state index in [0.717, 1.165) is 30.9 Å². The average molecular weight is 412 g/mol. The topological polar surface area (TPSA) is 68.0 Å². The molecule has 124 valence electrons. The lowest BCUT2D eigenvalue weighted by Gasteiger charge is -2.06. The Morgan fingerprint density at radius 1 is 1.16 bits per heavy atom. The van der Waals surface area contributed by atoms with Crippen molar-refractivity contribution in [2.24, 2.45) is 0 Å². The average Bonchev–Trinajstić information content (AvgIpc) is 3.06. The molecule has 1 amide bonds. The molecule has 0 aliphatic rings. The van der Waals surface area contributed by atoms with E-state index in [1.54, 1.807) is 6.20 Å². The lowest BCUT2D eigenvalue weighted by atomic mass is 10.1. The van der Waals surface area contributed by atoms with Gasteiger partial charge in [0.25, 0.3) is 5.91 Å². The number of aromatic nitrogens is 1. The van der Waals surface area contributed by atoms with Gasteiger partial charge in [-0.1, -0.05) is 34.1 Å². The van der Waals surface area contributed by atoms with Gasteiger partial charge in [-0.25, -0.2) is 4.98 Å². The summed E-state index contributed by atoms with van der Waals surface area (Å²) in [4.78, 5) is 17.3. The maximum Gasteiger partial charge on any atom is 0.261 e. The van der Waals surface area contributed by atoms with Gasteiger partial charge in [-0.2, -0.15) is 0 Å². The Morgan fingerprint density at radius 2 is 2.04 bits per heavy atom. The van der Waals surface area contributed by atoms with Crippen molar-refractivity contribution in [3.63, 3.8) is 0 Å². The Hall–Kier alpha value is -2.44. The van der Waals surface area contributed by atoms with Crippen LogP contribution in [-0.2, 0) is 6.54 Å². The molecule has 0 aliphatic carbocycles. The molecule has 2 aromatic carbocycles. The molecule has 0 spiro atoms. The van der Waals surface area contributed by atoms with Crippen LogP contribution in [0.5, 0.6) is 0 Å². The molecule has 25 heavy (non-hydrogen) atoms. The highest BCUT2D eigenvalue weighted by Crippen LogP contribution is 2.31. The Morgan fingerprint density at radius 3 is 2.88 bits per heavy atom. The predicted molar refractivity (Wildman–Crippen MR) is 107 cm³/mol. The molecule has 0 unspecified atom stereocenters. The summed E-state index contributed by atoms with van der Waals surface area (Å²) < 4.78 is 2.09. The second kappa shape index (κ2) is 6.46. The third-order valence-electron chi connectivity index (χ3n) is 4.04. The number of nitrogen functional groups attached to an aromatic ring is 1. The van der Waals surface area contributed by atoms with E-state index in [2.05, 4.69) is 26.2 Å². The summed E-state index contributed by atoms with van der Waals surface area (Å²) in [7, 11) is 0. The number of nitrogens with one attached hydrogen (secondary N) is 1. The van der Waals surface area contributed by atoms with Crippen molar-refractivity contribution in [2.45, 2.75) is 6.54 Å². The number of rotatable bonds is 3. The van der Waals surface area contributed by atoms with E-state index in [-0.39, 0.29) is 5.91 Å². The van der Waals surface area contributed by atoms with Crippen molar-refractivity contribution >= 4 is 59.9 Å². The van der Waals surface area contributed by atoms with Gasteiger partial charge in [-0.3, -0.25) is 4.79 Å². The number of halogens is 1. The Bertz CT molecular complexity index is 1110. The van der Waals surface area contributed by atoms with Crippen molar-refractivity contribution in [1.29, 1.82) is 0 Å². The minimum atomic E-state index is -0.0672. The Labute approximate surface area is 156 Å². The van der Waals surface area contributed by atoms with E-state index in [4.69, 9.17) is 5.73 Å². The highest BCUT2D eigenvalue weighted by atomic mass is 79.9. The van der Waals surface area contributed by atoms with E-state index in [1.165, 1.54) is 11.3 Å². The van der Waals surface area contributed by atoms with E-state index in [0.29, 0.717) is 17.2 Å². The van der Waals surface area contributed by atoms with Gasteiger partial charge in [0.2, 0.25) is 0 Å². The number of carbonyl (C=O) groups excluding carboxylic acids is 1. The lowest BCUT2D eigenvalue weighted by molar-refractivity contribution is 0.0955. The second-order valence-electron chi connectivity index (χ2n) is 5.70. The van der Waals surface area contributed by atoms with Crippen LogP contribution < -0.4 is 11.1 Å². The molecule has 2 heterocycles. The van der Waals surface area contributed by atoms with Gasteiger partial charge >= 0.3 is 0 Å². The molecule has 0 fully saturated rings. The molecule has 4 nitrogen and oxygen atoms in total. The summed E-state index contributed by atoms with van der Waals surface area (Å²) in [5, 5.41) is 5.99. The third-order valence-corrected chi connectivity index (χ3v) is 5.84. The molecule has 2 aromatic heterocycles. The number of benzene rings is 2. The number of nitrogens with two attached hydrogens (primary N) is 1. The standard InChI is InChI=1S/C19H14BrN3OS/c20-15-2-1-3-16-14(15)9-17(25-16)19(24)23-10-11-4-5-13-12(8-11)6-7-22-18(13)21/h1-9H,10H2,(H2,21,22)(H,23,24). The summed E-state index contributed by atoms with van der Waals surface area (Å²) in [5.41, 5.74) is 6.89. The minimum Gasteiger partial charge on any atom is -0.383 e. The number of anilines is 1.